The molecule has 1 heterocycles. The summed E-state index contributed by atoms with van der Waals surface area (Å²) in [5.41, 5.74) is -0.260. The van der Waals surface area contributed by atoms with Crippen LogP contribution in [0.25, 0.3) is 0 Å². The average Bonchev–Trinajstić information content (AvgIpc) is 2.55. The minimum Gasteiger partial charge on any atom is -0.380 e. The lowest BCUT2D eigenvalue weighted by molar-refractivity contribution is -0.138. The Hall–Kier alpha value is -0.570. The molecule has 0 aromatic heterocycles. The second-order valence-corrected chi connectivity index (χ2v) is 3.56. The molecule has 1 rings (SSSR count). The molecule has 0 aliphatic carbocycles. The first kappa shape index (κ1) is 12.4. The van der Waals surface area contributed by atoms with Crippen molar-refractivity contribution >= 4 is 5.91 Å². The van der Waals surface area contributed by atoms with Crippen molar-refractivity contribution in [3.63, 3.8) is 0 Å². The molecule has 1 unspecified atom stereocenters. The molecule has 3 heteroatoms. The SMILES string of the molecule is CC.CN(C)C(=O)C1(C)CCOC1. The molecule has 0 radical (unpaired) electrons. The largest absolute Gasteiger partial charge is 0.380 e. The summed E-state index contributed by atoms with van der Waals surface area (Å²) in [7, 11) is 3.57. The van der Waals surface area contributed by atoms with Gasteiger partial charge in [-0.15, -0.1) is 0 Å². The predicted octanol–water partition coefficient (Wildman–Crippen LogP) is 1.53. The molecular formula is C10H21NO2. The summed E-state index contributed by atoms with van der Waals surface area (Å²) in [6.07, 6.45) is 0.851. The van der Waals surface area contributed by atoms with E-state index >= 15 is 0 Å². The number of amides is 1. The van der Waals surface area contributed by atoms with Crippen LogP contribution in [-0.4, -0.2) is 38.1 Å². The van der Waals surface area contributed by atoms with Crippen LogP contribution in [0.15, 0.2) is 0 Å². The summed E-state index contributed by atoms with van der Waals surface area (Å²) in [6, 6.07) is 0. The molecule has 1 aliphatic heterocycles. The van der Waals surface area contributed by atoms with Gasteiger partial charge in [0.05, 0.1) is 12.0 Å². The topological polar surface area (TPSA) is 29.5 Å². The van der Waals surface area contributed by atoms with Crippen LogP contribution in [0.1, 0.15) is 27.2 Å². The van der Waals surface area contributed by atoms with Gasteiger partial charge >= 0.3 is 0 Å². The molecule has 0 saturated carbocycles. The van der Waals surface area contributed by atoms with Gasteiger partial charge in [-0.1, -0.05) is 13.8 Å². The molecular weight excluding hydrogens is 166 g/mol. The standard InChI is InChI=1S/C8H15NO2.C2H6/c1-8(4-5-11-6-8)7(10)9(2)3;1-2/h4-6H2,1-3H3;1-2H3. The van der Waals surface area contributed by atoms with Crippen molar-refractivity contribution < 1.29 is 9.53 Å². The number of carbonyl (C=O) groups is 1. The van der Waals surface area contributed by atoms with Gasteiger partial charge in [0.1, 0.15) is 0 Å². The van der Waals surface area contributed by atoms with Gasteiger partial charge in [-0.05, 0) is 13.3 Å². The molecule has 13 heavy (non-hydrogen) atoms. The summed E-state index contributed by atoms with van der Waals surface area (Å²) < 4.78 is 5.18. The van der Waals surface area contributed by atoms with Crippen LogP contribution >= 0.6 is 0 Å². The fourth-order valence-corrected chi connectivity index (χ4v) is 1.38. The molecule has 1 atom stereocenters. The molecule has 1 saturated heterocycles. The van der Waals surface area contributed by atoms with E-state index in [1.54, 1.807) is 19.0 Å². The quantitative estimate of drug-likeness (QED) is 0.623. The van der Waals surface area contributed by atoms with Gasteiger partial charge in [0, 0.05) is 20.7 Å². The van der Waals surface area contributed by atoms with Crippen molar-refractivity contribution in [1.29, 1.82) is 0 Å². The average molecular weight is 187 g/mol. The van der Waals surface area contributed by atoms with Crippen LogP contribution in [0.4, 0.5) is 0 Å². The van der Waals surface area contributed by atoms with Crippen molar-refractivity contribution in [2.75, 3.05) is 27.3 Å². The highest BCUT2D eigenvalue weighted by Crippen LogP contribution is 2.29. The van der Waals surface area contributed by atoms with Crippen LogP contribution in [0.3, 0.4) is 0 Å². The zero-order chi connectivity index (χ0) is 10.5. The summed E-state index contributed by atoms with van der Waals surface area (Å²) in [5, 5.41) is 0. The number of nitrogens with zero attached hydrogens (tertiary/aromatic N) is 1. The minimum atomic E-state index is -0.260. The van der Waals surface area contributed by atoms with Crippen molar-refractivity contribution in [2.24, 2.45) is 5.41 Å². The molecule has 0 aromatic carbocycles. The Morgan fingerprint density at radius 1 is 1.38 bits per heavy atom. The van der Waals surface area contributed by atoms with E-state index in [9.17, 15) is 4.79 Å². The van der Waals surface area contributed by atoms with Gasteiger partial charge < -0.3 is 9.64 Å². The maximum absolute atomic E-state index is 11.5. The highest BCUT2D eigenvalue weighted by molar-refractivity contribution is 5.82. The predicted molar refractivity (Wildman–Crippen MR) is 53.6 cm³/mol. The molecule has 1 amide bonds. The van der Waals surface area contributed by atoms with E-state index in [-0.39, 0.29) is 11.3 Å². The van der Waals surface area contributed by atoms with Crippen molar-refractivity contribution in [1.82, 2.24) is 4.90 Å². The van der Waals surface area contributed by atoms with Crippen LogP contribution in [-0.2, 0) is 9.53 Å². The highest BCUT2D eigenvalue weighted by Gasteiger charge is 2.38. The Kier molecular flexibility index (Phi) is 4.99. The van der Waals surface area contributed by atoms with Gasteiger partial charge in [-0.2, -0.15) is 0 Å². The Balaban J connectivity index is 0.000000671. The molecule has 78 valence electrons. The minimum absolute atomic E-state index is 0.176. The summed E-state index contributed by atoms with van der Waals surface area (Å²) in [6.45, 7) is 7.25. The monoisotopic (exact) mass is 187 g/mol. The normalized spacial score (nSPS) is 26.2. The van der Waals surface area contributed by atoms with E-state index in [1.165, 1.54) is 0 Å². The molecule has 0 spiro atoms. The summed E-state index contributed by atoms with van der Waals surface area (Å²) in [5.74, 6) is 0.176. The third kappa shape index (κ3) is 2.99. The lowest BCUT2D eigenvalue weighted by Crippen LogP contribution is -2.38. The van der Waals surface area contributed by atoms with E-state index in [0.717, 1.165) is 13.0 Å². The van der Waals surface area contributed by atoms with Crippen LogP contribution < -0.4 is 0 Å². The zero-order valence-electron chi connectivity index (χ0n) is 9.39. The fourth-order valence-electron chi connectivity index (χ4n) is 1.38. The van der Waals surface area contributed by atoms with Gasteiger partial charge in [0.25, 0.3) is 0 Å². The Morgan fingerprint density at radius 3 is 2.23 bits per heavy atom. The van der Waals surface area contributed by atoms with Crippen LogP contribution in [0.2, 0.25) is 0 Å². The van der Waals surface area contributed by atoms with Crippen LogP contribution in [0, 0.1) is 5.41 Å². The smallest absolute Gasteiger partial charge is 0.230 e. The lowest BCUT2D eigenvalue weighted by atomic mass is 9.88. The highest BCUT2D eigenvalue weighted by atomic mass is 16.5. The maximum Gasteiger partial charge on any atom is 0.230 e. The first-order chi connectivity index (χ1) is 6.06. The molecule has 0 bridgehead atoms. The van der Waals surface area contributed by atoms with Crippen molar-refractivity contribution in [3.05, 3.63) is 0 Å². The molecule has 3 nitrogen and oxygen atoms in total. The second kappa shape index (κ2) is 5.22. The fraction of sp³-hybridized carbons (Fsp3) is 0.900. The van der Waals surface area contributed by atoms with Gasteiger partial charge in [0.15, 0.2) is 0 Å². The summed E-state index contributed by atoms with van der Waals surface area (Å²) in [4.78, 5) is 13.1. The summed E-state index contributed by atoms with van der Waals surface area (Å²) >= 11 is 0. The number of hydrogen-bond donors (Lipinski definition) is 0. The first-order valence-electron chi connectivity index (χ1n) is 4.86. The van der Waals surface area contributed by atoms with Gasteiger partial charge in [-0.25, -0.2) is 0 Å². The Morgan fingerprint density at radius 2 is 1.92 bits per heavy atom. The number of ether oxygens (including phenoxy) is 1. The van der Waals surface area contributed by atoms with Gasteiger partial charge in [0.2, 0.25) is 5.91 Å². The lowest BCUT2D eigenvalue weighted by Gasteiger charge is -2.24. The number of rotatable bonds is 1. The Bertz CT molecular complexity index is 160. The van der Waals surface area contributed by atoms with E-state index in [4.69, 9.17) is 4.74 Å². The van der Waals surface area contributed by atoms with E-state index < -0.39 is 0 Å². The number of hydrogen-bond acceptors (Lipinski definition) is 2. The molecule has 1 fully saturated rings. The third-order valence-corrected chi connectivity index (χ3v) is 2.14. The zero-order valence-corrected chi connectivity index (χ0v) is 9.39. The van der Waals surface area contributed by atoms with Gasteiger partial charge in [-0.3, -0.25) is 4.79 Å². The third-order valence-electron chi connectivity index (χ3n) is 2.14. The Labute approximate surface area is 81.1 Å². The molecule has 0 N–H and O–H groups in total. The molecule has 0 aromatic rings. The van der Waals surface area contributed by atoms with Crippen molar-refractivity contribution in [2.45, 2.75) is 27.2 Å². The number of carbonyl (C=O) groups excluding carboxylic acids is 1. The maximum atomic E-state index is 11.5. The van der Waals surface area contributed by atoms with E-state index in [2.05, 4.69) is 0 Å². The second-order valence-electron chi connectivity index (χ2n) is 3.56. The van der Waals surface area contributed by atoms with Crippen molar-refractivity contribution in [3.8, 4) is 0 Å². The van der Waals surface area contributed by atoms with Crippen LogP contribution in [0.5, 0.6) is 0 Å². The van der Waals surface area contributed by atoms with E-state index in [1.807, 2.05) is 20.8 Å². The van der Waals surface area contributed by atoms with E-state index in [0.29, 0.717) is 6.61 Å². The first-order valence-corrected chi connectivity index (χ1v) is 4.86. The molecule has 1 aliphatic rings.